The van der Waals surface area contributed by atoms with Gasteiger partial charge in [-0.2, -0.15) is 0 Å². The van der Waals surface area contributed by atoms with Crippen molar-refractivity contribution >= 4 is 11.9 Å². The number of likely N-dealkylation sites (N-methyl/N-ethyl adjacent to an activating group) is 2. The number of carboxylic acids is 1. The summed E-state index contributed by atoms with van der Waals surface area (Å²) in [7, 11) is 0. The molecule has 0 saturated heterocycles. The zero-order chi connectivity index (χ0) is 14.4. The molecule has 0 unspecified atom stereocenters. The summed E-state index contributed by atoms with van der Waals surface area (Å²) < 4.78 is 5.40. The molecule has 0 atom stereocenters. The predicted molar refractivity (Wildman–Crippen MR) is 70.0 cm³/mol. The standard InChI is InChI=1S/C13H20N2O4/c1-4-14-12(16)8-15(5-2)7-10-6-11(13(17)18)9(3)19-10/h6H,4-5,7-8H2,1-3H3,(H,14,16)(H,17,18). The first-order valence-electron chi connectivity index (χ1n) is 6.29. The molecule has 2 N–H and O–H groups in total. The number of nitrogens with zero attached hydrogens (tertiary/aromatic N) is 1. The summed E-state index contributed by atoms with van der Waals surface area (Å²) >= 11 is 0. The number of aromatic carboxylic acids is 1. The van der Waals surface area contributed by atoms with Gasteiger partial charge in [-0.05, 0) is 26.5 Å². The van der Waals surface area contributed by atoms with E-state index in [1.165, 1.54) is 6.07 Å². The SMILES string of the molecule is CCNC(=O)CN(CC)Cc1cc(C(=O)O)c(C)o1. The van der Waals surface area contributed by atoms with Gasteiger partial charge in [0.25, 0.3) is 0 Å². The number of nitrogens with one attached hydrogen (secondary N) is 1. The number of carbonyl (C=O) groups excluding carboxylic acids is 1. The van der Waals surface area contributed by atoms with Crippen LogP contribution in [-0.2, 0) is 11.3 Å². The fourth-order valence-electron chi connectivity index (χ4n) is 1.79. The molecule has 1 aromatic heterocycles. The van der Waals surface area contributed by atoms with E-state index >= 15 is 0 Å². The van der Waals surface area contributed by atoms with Gasteiger partial charge >= 0.3 is 5.97 Å². The minimum atomic E-state index is -1.00. The number of rotatable bonds is 7. The minimum Gasteiger partial charge on any atom is -0.478 e. The van der Waals surface area contributed by atoms with Crippen LogP contribution in [0.15, 0.2) is 10.5 Å². The lowest BCUT2D eigenvalue weighted by atomic mass is 10.2. The van der Waals surface area contributed by atoms with Crippen LogP contribution in [0.5, 0.6) is 0 Å². The van der Waals surface area contributed by atoms with E-state index in [-0.39, 0.29) is 18.0 Å². The van der Waals surface area contributed by atoms with E-state index in [9.17, 15) is 9.59 Å². The third kappa shape index (κ3) is 4.40. The molecular weight excluding hydrogens is 248 g/mol. The molecule has 1 heterocycles. The average Bonchev–Trinajstić information content (AvgIpc) is 2.69. The zero-order valence-corrected chi connectivity index (χ0v) is 11.5. The highest BCUT2D eigenvalue weighted by Crippen LogP contribution is 2.16. The molecule has 0 fully saturated rings. The topological polar surface area (TPSA) is 82.8 Å². The van der Waals surface area contributed by atoms with Crippen LogP contribution in [-0.4, -0.2) is 41.5 Å². The highest BCUT2D eigenvalue weighted by Gasteiger charge is 2.16. The Labute approximate surface area is 112 Å². The van der Waals surface area contributed by atoms with E-state index in [0.29, 0.717) is 31.2 Å². The normalized spacial score (nSPS) is 10.7. The first-order chi connectivity index (χ1) is 8.97. The van der Waals surface area contributed by atoms with Crippen molar-refractivity contribution in [3.05, 3.63) is 23.2 Å². The van der Waals surface area contributed by atoms with Crippen molar-refractivity contribution in [3.63, 3.8) is 0 Å². The van der Waals surface area contributed by atoms with Crippen LogP contribution >= 0.6 is 0 Å². The molecule has 6 nitrogen and oxygen atoms in total. The number of carboxylic acid groups (broad SMARTS) is 1. The number of hydrogen-bond acceptors (Lipinski definition) is 4. The van der Waals surface area contributed by atoms with Gasteiger partial charge in [0.1, 0.15) is 17.1 Å². The van der Waals surface area contributed by atoms with E-state index in [2.05, 4.69) is 5.32 Å². The van der Waals surface area contributed by atoms with E-state index < -0.39 is 5.97 Å². The summed E-state index contributed by atoms with van der Waals surface area (Å²) in [5.74, 6) is -0.108. The van der Waals surface area contributed by atoms with Crippen molar-refractivity contribution in [2.24, 2.45) is 0 Å². The summed E-state index contributed by atoms with van der Waals surface area (Å²) in [6.07, 6.45) is 0. The Balaban J connectivity index is 2.68. The van der Waals surface area contributed by atoms with E-state index in [1.54, 1.807) is 6.92 Å². The highest BCUT2D eigenvalue weighted by atomic mass is 16.4. The van der Waals surface area contributed by atoms with Crippen molar-refractivity contribution in [1.82, 2.24) is 10.2 Å². The predicted octanol–water partition coefficient (Wildman–Crippen LogP) is 1.24. The fraction of sp³-hybridized carbons (Fsp3) is 0.538. The molecule has 1 aromatic rings. The van der Waals surface area contributed by atoms with Gasteiger partial charge in [-0.15, -0.1) is 0 Å². The first kappa shape index (κ1) is 15.2. The van der Waals surface area contributed by atoms with Crippen molar-refractivity contribution in [1.29, 1.82) is 0 Å². The molecule has 6 heteroatoms. The molecule has 0 aliphatic rings. The van der Waals surface area contributed by atoms with Crippen molar-refractivity contribution in [2.45, 2.75) is 27.3 Å². The Hall–Kier alpha value is -1.82. The Kier molecular flexibility index (Phi) is 5.57. The second-order valence-corrected chi connectivity index (χ2v) is 4.24. The summed E-state index contributed by atoms with van der Waals surface area (Å²) in [6.45, 7) is 7.39. The van der Waals surface area contributed by atoms with Crippen LogP contribution in [0.25, 0.3) is 0 Å². The molecule has 0 aliphatic carbocycles. The van der Waals surface area contributed by atoms with Gasteiger partial charge in [-0.1, -0.05) is 6.92 Å². The van der Waals surface area contributed by atoms with Crippen LogP contribution in [0, 0.1) is 6.92 Å². The third-order valence-electron chi connectivity index (χ3n) is 2.77. The van der Waals surface area contributed by atoms with Crippen LogP contribution in [0.4, 0.5) is 0 Å². The van der Waals surface area contributed by atoms with Gasteiger partial charge in [0, 0.05) is 6.54 Å². The second kappa shape index (κ2) is 6.94. The first-order valence-corrected chi connectivity index (χ1v) is 6.29. The summed E-state index contributed by atoms with van der Waals surface area (Å²) in [5.41, 5.74) is 0.170. The van der Waals surface area contributed by atoms with Gasteiger partial charge < -0.3 is 14.8 Å². The molecule has 106 valence electrons. The molecular formula is C13H20N2O4. The zero-order valence-electron chi connectivity index (χ0n) is 11.5. The fourth-order valence-corrected chi connectivity index (χ4v) is 1.79. The van der Waals surface area contributed by atoms with Crippen LogP contribution in [0.1, 0.15) is 35.7 Å². The summed E-state index contributed by atoms with van der Waals surface area (Å²) in [6, 6.07) is 1.51. The smallest absolute Gasteiger partial charge is 0.339 e. The maximum atomic E-state index is 11.5. The van der Waals surface area contributed by atoms with E-state index in [0.717, 1.165) is 0 Å². The van der Waals surface area contributed by atoms with Crippen LogP contribution < -0.4 is 5.32 Å². The maximum absolute atomic E-state index is 11.5. The number of furan rings is 1. The number of carbonyl (C=O) groups is 2. The Morgan fingerprint density at radius 1 is 1.42 bits per heavy atom. The molecule has 1 rings (SSSR count). The summed E-state index contributed by atoms with van der Waals surface area (Å²) in [4.78, 5) is 24.3. The molecule has 19 heavy (non-hydrogen) atoms. The van der Waals surface area contributed by atoms with Crippen molar-refractivity contribution < 1.29 is 19.1 Å². The number of hydrogen-bond donors (Lipinski definition) is 2. The molecule has 0 saturated carbocycles. The third-order valence-corrected chi connectivity index (χ3v) is 2.77. The largest absolute Gasteiger partial charge is 0.478 e. The minimum absolute atomic E-state index is 0.0499. The van der Waals surface area contributed by atoms with Crippen LogP contribution in [0.2, 0.25) is 0 Å². The van der Waals surface area contributed by atoms with Crippen molar-refractivity contribution in [3.8, 4) is 0 Å². The molecule has 1 amide bonds. The highest BCUT2D eigenvalue weighted by molar-refractivity contribution is 5.88. The van der Waals surface area contributed by atoms with Gasteiger partial charge in [0.05, 0.1) is 13.1 Å². The van der Waals surface area contributed by atoms with E-state index in [4.69, 9.17) is 9.52 Å². The van der Waals surface area contributed by atoms with Crippen molar-refractivity contribution in [2.75, 3.05) is 19.6 Å². The monoisotopic (exact) mass is 268 g/mol. The molecule has 0 radical (unpaired) electrons. The average molecular weight is 268 g/mol. The molecule has 0 aliphatic heterocycles. The Morgan fingerprint density at radius 2 is 2.11 bits per heavy atom. The number of aryl methyl sites for hydroxylation is 1. The molecule has 0 spiro atoms. The summed E-state index contributed by atoms with van der Waals surface area (Å²) in [5, 5.41) is 11.7. The lowest BCUT2D eigenvalue weighted by Crippen LogP contribution is -2.36. The van der Waals surface area contributed by atoms with Gasteiger partial charge in [-0.3, -0.25) is 9.69 Å². The molecule has 0 bridgehead atoms. The number of amides is 1. The van der Waals surface area contributed by atoms with Gasteiger partial charge in [0.2, 0.25) is 5.91 Å². The Morgan fingerprint density at radius 3 is 2.58 bits per heavy atom. The van der Waals surface area contributed by atoms with E-state index in [1.807, 2.05) is 18.7 Å². The van der Waals surface area contributed by atoms with Gasteiger partial charge in [0.15, 0.2) is 0 Å². The van der Waals surface area contributed by atoms with Crippen LogP contribution in [0.3, 0.4) is 0 Å². The lowest BCUT2D eigenvalue weighted by Gasteiger charge is -2.18. The maximum Gasteiger partial charge on any atom is 0.339 e. The molecule has 0 aromatic carbocycles. The Bertz CT molecular complexity index is 453. The quantitative estimate of drug-likeness (QED) is 0.777. The lowest BCUT2D eigenvalue weighted by molar-refractivity contribution is -0.122. The van der Waals surface area contributed by atoms with Gasteiger partial charge in [-0.25, -0.2) is 4.79 Å². The second-order valence-electron chi connectivity index (χ2n) is 4.24.